The third kappa shape index (κ3) is 9.40. The minimum Gasteiger partial charge on any atom is -0.510 e. The van der Waals surface area contributed by atoms with Gasteiger partial charge in [-0.2, -0.15) is 0 Å². The monoisotopic (exact) mass is 832 g/mol. The molecule has 0 saturated carbocycles. The topological polar surface area (TPSA) is 122 Å². The van der Waals surface area contributed by atoms with Crippen LogP contribution in [0.15, 0.2) is 119 Å². The summed E-state index contributed by atoms with van der Waals surface area (Å²) in [6, 6.07) is 0. The summed E-state index contributed by atoms with van der Waals surface area (Å²) in [7, 11) is 1.28. The van der Waals surface area contributed by atoms with Crippen LogP contribution >= 0.6 is 0 Å². The third-order valence-electron chi connectivity index (χ3n) is 10.8. The van der Waals surface area contributed by atoms with Gasteiger partial charge in [0.05, 0.1) is 41.3 Å². The van der Waals surface area contributed by atoms with Gasteiger partial charge >= 0.3 is 11.9 Å². The molecule has 8 bridgehead atoms. The van der Waals surface area contributed by atoms with Crippen molar-refractivity contribution in [3.8, 4) is 119 Å². The van der Waals surface area contributed by atoms with E-state index in [-0.39, 0.29) is 24.0 Å². The Balaban J connectivity index is 1.26. The number of methoxy groups -OCH3 is 1. The van der Waals surface area contributed by atoms with Crippen molar-refractivity contribution in [2.45, 2.75) is 53.9 Å². The lowest BCUT2D eigenvalue weighted by molar-refractivity contribution is -0.143. The van der Waals surface area contributed by atoms with Gasteiger partial charge in [-0.3, -0.25) is 9.59 Å². The number of aliphatic hydroxyl groups is 1. The minimum absolute atomic E-state index is 0.0259. The lowest BCUT2D eigenvalue weighted by Gasteiger charge is -2.20. The van der Waals surface area contributed by atoms with Gasteiger partial charge in [0.15, 0.2) is 0 Å². The van der Waals surface area contributed by atoms with Crippen LogP contribution in [0.2, 0.25) is 0 Å². The maximum Gasteiger partial charge on any atom is 0.321 e. The molecule has 9 heteroatoms. The van der Waals surface area contributed by atoms with Crippen LogP contribution in [0, 0.1) is 137 Å². The van der Waals surface area contributed by atoms with E-state index in [2.05, 4.69) is 138 Å². The van der Waals surface area contributed by atoms with Crippen LogP contribution in [0.25, 0.3) is 0 Å². The number of hydrogen-bond donors (Lipinski definition) is 2. The van der Waals surface area contributed by atoms with E-state index in [0.29, 0.717) is 40.2 Å². The second-order valence-electron chi connectivity index (χ2n) is 14.3. The van der Waals surface area contributed by atoms with Crippen LogP contribution in [0.5, 0.6) is 0 Å². The van der Waals surface area contributed by atoms with E-state index in [1.54, 1.807) is 6.08 Å². The van der Waals surface area contributed by atoms with Crippen molar-refractivity contribution in [1.29, 1.82) is 0 Å². The van der Waals surface area contributed by atoms with Crippen LogP contribution in [0.1, 0.15) is 53.9 Å². The summed E-state index contributed by atoms with van der Waals surface area (Å²) in [6.07, 6.45) is 16.0. The lowest BCUT2D eigenvalue weighted by Crippen LogP contribution is -2.25. The first-order valence-electron chi connectivity index (χ1n) is 19.9. The van der Waals surface area contributed by atoms with Gasteiger partial charge in [0.2, 0.25) is 0 Å². The van der Waals surface area contributed by atoms with E-state index < -0.39 is 17.9 Å². The van der Waals surface area contributed by atoms with Gasteiger partial charge in [-0.05, 0) is 121 Å². The van der Waals surface area contributed by atoms with Crippen molar-refractivity contribution in [2.24, 2.45) is 32.7 Å². The van der Waals surface area contributed by atoms with Gasteiger partial charge in [-0.15, -0.1) is 6.42 Å². The van der Waals surface area contributed by atoms with Crippen LogP contribution < -0.4 is 5.32 Å². The third-order valence-corrected chi connectivity index (χ3v) is 10.8. The molecular formula is C55H36N4O5. The molecule has 0 radical (unpaired) electrons. The standard InChI is InChI=1S/C55H36N4O5/c1-9-12-13-14-15-16-17-18-19-20-21-22-23-24-25-26-27-28-31-64-48(60)30-29-41-37(6)44-32-42-35(4)39(10-2)46(56-42)33-43-36(5)40(11-3)47(57-43)34-45-38(7)49-53(59-45)50(52(41)58-44)51(54(49)61)55(62)63-8/h1,10,32-34,37,41,51,58,61H,2,11,29-30H2,3-8H3/t37?,41-,51?/m0/s1. The molecule has 0 spiro atoms. The molecule has 9 nitrogen and oxygen atoms in total. The van der Waals surface area contributed by atoms with Crippen LogP contribution in [0.4, 0.5) is 0 Å². The summed E-state index contributed by atoms with van der Waals surface area (Å²) in [4.78, 5) is 41.8. The maximum absolute atomic E-state index is 13.5. The number of nitrogens with zero attached hydrogens (tertiary/aromatic N) is 3. The molecular weight excluding hydrogens is 797 g/mol. The van der Waals surface area contributed by atoms with Gasteiger partial charge in [-0.25, -0.2) is 15.0 Å². The number of fused-ring (bicyclic) bond motifs is 5. The molecule has 2 N–H and O–H groups in total. The van der Waals surface area contributed by atoms with E-state index >= 15 is 0 Å². The zero-order valence-electron chi connectivity index (χ0n) is 35.9. The Morgan fingerprint density at radius 2 is 1.39 bits per heavy atom. The van der Waals surface area contributed by atoms with Crippen molar-refractivity contribution in [3.05, 3.63) is 104 Å². The summed E-state index contributed by atoms with van der Waals surface area (Å²) in [5, 5.41) is 15.4. The van der Waals surface area contributed by atoms with E-state index in [0.717, 1.165) is 57.2 Å². The molecule has 0 aromatic rings. The minimum atomic E-state index is -1.15. The molecule has 6 aliphatic rings. The lowest BCUT2D eigenvalue weighted by atomic mass is 9.84. The van der Waals surface area contributed by atoms with Crippen molar-refractivity contribution < 1.29 is 24.2 Å². The van der Waals surface area contributed by atoms with Crippen molar-refractivity contribution >= 4 is 29.1 Å². The molecule has 0 amide bonds. The zero-order chi connectivity index (χ0) is 45.8. The number of allylic oxidation sites excluding steroid dienone is 11. The number of ether oxygens (including phenoxy) is 2. The number of terminal acetylenes is 1. The van der Waals surface area contributed by atoms with Crippen molar-refractivity contribution in [2.75, 3.05) is 7.11 Å². The maximum atomic E-state index is 13.5. The van der Waals surface area contributed by atoms with Crippen LogP contribution in [0.3, 0.4) is 0 Å². The Hall–Kier alpha value is -9.19. The Morgan fingerprint density at radius 3 is 1.97 bits per heavy atom. The molecule has 3 atom stereocenters. The first-order chi connectivity index (χ1) is 31.0. The number of aliphatic imine (C=N–C) groups is 3. The molecule has 1 saturated heterocycles. The molecule has 306 valence electrons. The molecule has 1 aliphatic carbocycles. The number of nitrogens with one attached hydrogen (secondary N) is 1. The average Bonchev–Trinajstić information content (AvgIpc) is 4.03. The van der Waals surface area contributed by atoms with E-state index in [1.165, 1.54) is 7.11 Å². The van der Waals surface area contributed by atoms with Crippen LogP contribution in [-0.2, 0) is 19.1 Å². The van der Waals surface area contributed by atoms with Crippen molar-refractivity contribution in [1.82, 2.24) is 5.32 Å². The number of hydrogen-bond acceptors (Lipinski definition) is 9. The SMILES string of the molecule is C#CC#CC#CC#CC#CC#CC#CC#CC#CC#COC(=O)CC[C@@H]1C2=C3C4=NC(=C(C)C4=C(O)C3C(=O)OC)C=C3N=C(C=C4N=C(C=C(N2)C1C)C(C)=C4C=C)C(C)=C3CC. The summed E-state index contributed by atoms with van der Waals surface area (Å²) in [5.41, 5.74) is 11.2. The highest BCUT2D eigenvalue weighted by molar-refractivity contribution is 6.24. The molecule has 1 fully saturated rings. The molecule has 5 heterocycles. The normalized spacial score (nSPS) is 18.9. The van der Waals surface area contributed by atoms with Gasteiger partial charge in [0.25, 0.3) is 0 Å². The fourth-order valence-corrected chi connectivity index (χ4v) is 7.71. The summed E-state index contributed by atoms with van der Waals surface area (Å²) in [6.45, 7) is 14.1. The second-order valence-corrected chi connectivity index (χ2v) is 14.3. The first kappa shape index (κ1) is 44.4. The van der Waals surface area contributed by atoms with E-state index in [9.17, 15) is 14.7 Å². The first-order valence-corrected chi connectivity index (χ1v) is 19.9. The largest absolute Gasteiger partial charge is 0.510 e. The highest BCUT2D eigenvalue weighted by atomic mass is 16.5. The second kappa shape index (κ2) is 20.4. The summed E-state index contributed by atoms with van der Waals surface area (Å²) < 4.78 is 10.4. The molecule has 2 unspecified atom stereocenters. The quantitative estimate of drug-likeness (QED) is 0.244. The molecule has 0 aromatic heterocycles. The number of aliphatic hydroxyl groups excluding tert-OH is 1. The zero-order valence-corrected chi connectivity index (χ0v) is 35.9. The Kier molecular flexibility index (Phi) is 14.1. The van der Waals surface area contributed by atoms with E-state index in [1.807, 2.05) is 39.0 Å². The number of rotatable bonds is 6. The molecule has 6 rings (SSSR count). The summed E-state index contributed by atoms with van der Waals surface area (Å²) >= 11 is 0. The van der Waals surface area contributed by atoms with Crippen molar-refractivity contribution in [3.63, 3.8) is 0 Å². The smallest absolute Gasteiger partial charge is 0.321 e. The summed E-state index contributed by atoms with van der Waals surface area (Å²) in [5.74, 6) is 41.2. The average molecular weight is 833 g/mol. The highest BCUT2D eigenvalue weighted by Gasteiger charge is 2.49. The number of carbonyl (C=O) groups excluding carboxylic acids is 2. The van der Waals surface area contributed by atoms with Gasteiger partial charge in [0, 0.05) is 106 Å². The van der Waals surface area contributed by atoms with Gasteiger partial charge in [-0.1, -0.05) is 26.5 Å². The Bertz CT molecular complexity index is 3250. The number of esters is 2. The Morgan fingerprint density at radius 1 is 0.812 bits per heavy atom. The van der Waals surface area contributed by atoms with E-state index in [4.69, 9.17) is 30.9 Å². The fourth-order valence-electron chi connectivity index (χ4n) is 7.71. The highest BCUT2D eigenvalue weighted by Crippen LogP contribution is 2.49. The molecule has 64 heavy (non-hydrogen) atoms. The fraction of sp³-hybridized carbons (Fsp3) is 0.218. The predicted molar refractivity (Wildman–Crippen MR) is 247 cm³/mol. The molecule has 0 aromatic carbocycles. The molecule has 5 aliphatic heterocycles. The number of carbonyl (C=O) groups is 2. The predicted octanol–water partition coefficient (Wildman–Crippen LogP) is 6.19. The Labute approximate surface area is 374 Å². The van der Waals surface area contributed by atoms with Crippen LogP contribution in [-0.4, -0.2) is 41.3 Å². The van der Waals surface area contributed by atoms with Gasteiger partial charge < -0.3 is 19.9 Å². The van der Waals surface area contributed by atoms with Gasteiger partial charge in [0.1, 0.15) is 17.8 Å².